The molecule has 0 aliphatic carbocycles. The van der Waals surface area contributed by atoms with Gasteiger partial charge in [0.15, 0.2) is 0 Å². The van der Waals surface area contributed by atoms with E-state index in [0.29, 0.717) is 5.56 Å². The number of nitrogens with zero attached hydrogens (tertiary/aromatic N) is 1. The molecule has 0 saturated heterocycles. The molecule has 0 saturated carbocycles. The molecule has 2 N–H and O–H groups in total. The van der Waals surface area contributed by atoms with Crippen LogP contribution in [-0.2, 0) is 4.79 Å². The Bertz CT molecular complexity index is 716. The number of benzene rings is 1. The lowest BCUT2D eigenvalue weighted by Crippen LogP contribution is -2.35. The second kappa shape index (κ2) is 5.83. The van der Waals surface area contributed by atoms with Crippen LogP contribution >= 0.6 is 0 Å². The van der Waals surface area contributed by atoms with Gasteiger partial charge in [-0.3, -0.25) is 9.59 Å². The van der Waals surface area contributed by atoms with Crippen molar-refractivity contribution in [3.05, 3.63) is 47.7 Å². The zero-order valence-corrected chi connectivity index (χ0v) is 12.1. The normalized spacial score (nSPS) is 10.6. The van der Waals surface area contributed by atoms with Crippen LogP contribution in [0, 0.1) is 13.8 Å². The third-order valence-electron chi connectivity index (χ3n) is 3.52. The molecule has 110 valence electrons. The molecule has 0 radical (unpaired) electrons. The minimum Gasteiger partial charge on any atom is -0.480 e. The number of H-pyrrole nitrogens is 1. The molecule has 0 fully saturated rings. The molecule has 0 aliphatic heterocycles. The fraction of sp³-hybridized carbons (Fsp3) is 0.250. The second-order valence-corrected chi connectivity index (χ2v) is 5.00. The van der Waals surface area contributed by atoms with Crippen LogP contribution in [-0.4, -0.2) is 40.0 Å². The number of aromatic nitrogens is 1. The van der Waals surface area contributed by atoms with Crippen LogP contribution in [0.15, 0.2) is 30.9 Å². The second-order valence-electron chi connectivity index (χ2n) is 5.00. The maximum absolute atomic E-state index is 12.4. The van der Waals surface area contributed by atoms with E-state index in [9.17, 15) is 9.59 Å². The van der Waals surface area contributed by atoms with Crippen LogP contribution in [0.4, 0.5) is 0 Å². The Morgan fingerprint density at radius 1 is 1.38 bits per heavy atom. The number of carboxylic acid groups (broad SMARTS) is 1. The minimum absolute atomic E-state index is 0.203. The predicted molar refractivity (Wildman–Crippen MR) is 81.5 cm³/mol. The summed E-state index contributed by atoms with van der Waals surface area (Å²) in [5, 5.41) is 9.87. The highest BCUT2D eigenvalue weighted by Gasteiger charge is 2.18. The largest absolute Gasteiger partial charge is 0.480 e. The molecule has 5 heteroatoms. The van der Waals surface area contributed by atoms with Crippen molar-refractivity contribution in [3.8, 4) is 0 Å². The monoisotopic (exact) mass is 286 g/mol. The Hall–Kier alpha value is -2.56. The zero-order chi connectivity index (χ0) is 15.6. The maximum Gasteiger partial charge on any atom is 0.323 e. The van der Waals surface area contributed by atoms with Crippen molar-refractivity contribution in [3.63, 3.8) is 0 Å². The number of nitrogens with one attached hydrogen (secondary N) is 1. The van der Waals surface area contributed by atoms with E-state index in [1.807, 2.05) is 19.9 Å². The molecular formula is C16H18N2O3. The van der Waals surface area contributed by atoms with Crippen LogP contribution in [0.25, 0.3) is 10.9 Å². The molecule has 1 amide bonds. The van der Waals surface area contributed by atoms with Gasteiger partial charge in [-0.05, 0) is 37.6 Å². The molecule has 5 nitrogen and oxygen atoms in total. The van der Waals surface area contributed by atoms with Crippen molar-refractivity contribution in [2.45, 2.75) is 13.8 Å². The summed E-state index contributed by atoms with van der Waals surface area (Å²) < 4.78 is 0. The van der Waals surface area contributed by atoms with Crippen LogP contribution in [0.1, 0.15) is 21.6 Å². The van der Waals surface area contributed by atoms with E-state index < -0.39 is 5.97 Å². The van der Waals surface area contributed by atoms with Crippen LogP contribution < -0.4 is 0 Å². The van der Waals surface area contributed by atoms with Gasteiger partial charge in [0.2, 0.25) is 0 Å². The summed E-state index contributed by atoms with van der Waals surface area (Å²) >= 11 is 0. The van der Waals surface area contributed by atoms with Crippen molar-refractivity contribution in [1.29, 1.82) is 0 Å². The van der Waals surface area contributed by atoms with Crippen molar-refractivity contribution in [1.82, 2.24) is 9.88 Å². The number of aromatic amines is 1. The van der Waals surface area contributed by atoms with Gasteiger partial charge >= 0.3 is 5.97 Å². The van der Waals surface area contributed by atoms with Crippen LogP contribution in [0.5, 0.6) is 0 Å². The smallest absolute Gasteiger partial charge is 0.323 e. The highest BCUT2D eigenvalue weighted by Crippen LogP contribution is 2.23. The molecule has 2 rings (SSSR count). The number of rotatable bonds is 5. The number of carbonyl (C=O) groups is 2. The number of hydrogen-bond donors (Lipinski definition) is 2. The van der Waals surface area contributed by atoms with E-state index in [4.69, 9.17) is 5.11 Å². The number of amides is 1. The van der Waals surface area contributed by atoms with Gasteiger partial charge in [0.1, 0.15) is 6.54 Å². The van der Waals surface area contributed by atoms with Gasteiger partial charge in [0, 0.05) is 28.7 Å². The Morgan fingerprint density at radius 3 is 2.71 bits per heavy atom. The van der Waals surface area contributed by atoms with Gasteiger partial charge in [0.25, 0.3) is 5.91 Å². The molecule has 0 spiro atoms. The summed E-state index contributed by atoms with van der Waals surface area (Å²) in [6, 6.07) is 5.35. The fourth-order valence-electron chi connectivity index (χ4n) is 2.32. The molecule has 21 heavy (non-hydrogen) atoms. The molecule has 1 aromatic carbocycles. The van der Waals surface area contributed by atoms with Crippen LogP contribution in [0.2, 0.25) is 0 Å². The lowest BCUT2D eigenvalue weighted by molar-refractivity contribution is -0.137. The fourth-order valence-corrected chi connectivity index (χ4v) is 2.32. The molecule has 0 bridgehead atoms. The quantitative estimate of drug-likeness (QED) is 0.829. The predicted octanol–water partition coefficient (Wildman–Crippen LogP) is 2.50. The summed E-state index contributed by atoms with van der Waals surface area (Å²) in [6.07, 6.45) is 1.52. The van der Waals surface area contributed by atoms with Crippen molar-refractivity contribution in [2.75, 3.05) is 13.1 Å². The van der Waals surface area contributed by atoms with Crippen molar-refractivity contribution >= 4 is 22.8 Å². The molecule has 1 aromatic heterocycles. The molecule has 0 unspecified atom stereocenters. The van der Waals surface area contributed by atoms with Gasteiger partial charge in [-0.1, -0.05) is 6.08 Å². The van der Waals surface area contributed by atoms with Gasteiger partial charge in [-0.25, -0.2) is 0 Å². The van der Waals surface area contributed by atoms with E-state index in [-0.39, 0.29) is 19.0 Å². The minimum atomic E-state index is -1.04. The van der Waals surface area contributed by atoms with Gasteiger partial charge < -0.3 is 15.0 Å². The molecular weight excluding hydrogens is 268 g/mol. The number of aliphatic carboxylic acids is 1. The maximum atomic E-state index is 12.4. The van der Waals surface area contributed by atoms with E-state index >= 15 is 0 Å². The molecule has 0 aliphatic rings. The summed E-state index contributed by atoms with van der Waals surface area (Å²) in [4.78, 5) is 27.8. The first kappa shape index (κ1) is 14.8. The standard InChI is InChI=1S/C16H18N2O3/c1-4-7-18(9-15(19)20)16(21)12-5-6-14-13(8-12)10(2)11(3)17-14/h4-6,8,17H,1,7,9H2,2-3H3,(H,19,20). The number of aryl methyl sites for hydroxylation is 2. The lowest BCUT2D eigenvalue weighted by Gasteiger charge is -2.18. The average molecular weight is 286 g/mol. The van der Waals surface area contributed by atoms with E-state index in [1.165, 1.54) is 11.0 Å². The Balaban J connectivity index is 2.39. The first-order valence-corrected chi connectivity index (χ1v) is 6.65. The first-order chi connectivity index (χ1) is 9.93. The van der Waals surface area contributed by atoms with Gasteiger partial charge in [-0.15, -0.1) is 6.58 Å². The highest BCUT2D eigenvalue weighted by atomic mass is 16.4. The summed E-state index contributed by atoms with van der Waals surface area (Å²) in [7, 11) is 0. The SMILES string of the molecule is C=CCN(CC(=O)O)C(=O)c1ccc2[nH]c(C)c(C)c2c1. The van der Waals surface area contributed by atoms with Crippen molar-refractivity contribution < 1.29 is 14.7 Å². The van der Waals surface area contributed by atoms with Crippen LogP contribution in [0.3, 0.4) is 0 Å². The Labute approximate surface area is 122 Å². The van der Waals surface area contributed by atoms with E-state index in [2.05, 4.69) is 11.6 Å². The van der Waals surface area contributed by atoms with Gasteiger partial charge in [-0.2, -0.15) is 0 Å². The molecule has 1 heterocycles. The third kappa shape index (κ3) is 2.97. The highest BCUT2D eigenvalue weighted by molar-refractivity contribution is 6.00. The molecule has 2 aromatic rings. The lowest BCUT2D eigenvalue weighted by atomic mass is 10.1. The number of carbonyl (C=O) groups excluding carboxylic acids is 1. The number of fused-ring (bicyclic) bond motifs is 1. The van der Waals surface area contributed by atoms with Gasteiger partial charge in [0.05, 0.1) is 0 Å². The topological polar surface area (TPSA) is 73.4 Å². The van der Waals surface area contributed by atoms with Crippen molar-refractivity contribution in [2.24, 2.45) is 0 Å². The summed E-state index contributed by atoms with van der Waals surface area (Å²) in [5.41, 5.74) is 3.60. The average Bonchev–Trinajstić information content (AvgIpc) is 2.72. The Morgan fingerprint density at radius 2 is 2.10 bits per heavy atom. The van der Waals surface area contributed by atoms with E-state index in [0.717, 1.165) is 22.2 Å². The molecule has 0 atom stereocenters. The third-order valence-corrected chi connectivity index (χ3v) is 3.52. The summed E-state index contributed by atoms with van der Waals surface area (Å²) in [5.74, 6) is -1.35. The van der Waals surface area contributed by atoms with E-state index in [1.54, 1.807) is 12.1 Å². The Kier molecular flexibility index (Phi) is 4.12. The number of hydrogen-bond acceptors (Lipinski definition) is 2. The first-order valence-electron chi connectivity index (χ1n) is 6.65. The number of carboxylic acids is 1. The zero-order valence-electron chi connectivity index (χ0n) is 12.1. The summed E-state index contributed by atoms with van der Waals surface area (Å²) in [6.45, 7) is 7.39.